The van der Waals surface area contributed by atoms with Crippen LogP contribution in [0.4, 0.5) is 0 Å². The highest BCUT2D eigenvalue weighted by atomic mass is 16.5. The van der Waals surface area contributed by atoms with E-state index in [0.29, 0.717) is 56.8 Å². The van der Waals surface area contributed by atoms with E-state index in [4.69, 9.17) is 23.4 Å². The van der Waals surface area contributed by atoms with Crippen molar-refractivity contribution < 1.29 is 28.2 Å². The van der Waals surface area contributed by atoms with Crippen molar-refractivity contribution in [3.8, 4) is 11.5 Å². The van der Waals surface area contributed by atoms with Crippen LogP contribution in [-0.4, -0.2) is 88.5 Å². The number of morpholine rings is 2. The number of rotatable bonds is 8. The van der Waals surface area contributed by atoms with Crippen LogP contribution in [0.5, 0.6) is 11.5 Å². The van der Waals surface area contributed by atoms with Crippen LogP contribution in [0.3, 0.4) is 0 Å². The molecule has 0 aliphatic carbocycles. The number of carbonyl (C=O) groups excluding carboxylic acids is 1. The third-order valence-electron chi connectivity index (χ3n) is 5.96. The van der Waals surface area contributed by atoms with Gasteiger partial charge in [0.1, 0.15) is 0 Å². The van der Waals surface area contributed by atoms with Crippen molar-refractivity contribution >= 4 is 5.78 Å². The van der Waals surface area contributed by atoms with Crippen LogP contribution in [0.2, 0.25) is 0 Å². The number of carbonyl (C=O) groups is 1. The molecular formula is C23H30N2O6. The Morgan fingerprint density at radius 1 is 0.903 bits per heavy atom. The lowest BCUT2D eigenvalue weighted by molar-refractivity contribution is -0.0307. The molecule has 2 aliphatic heterocycles. The van der Waals surface area contributed by atoms with Crippen molar-refractivity contribution in [2.24, 2.45) is 0 Å². The lowest BCUT2D eigenvalue weighted by Gasteiger charge is -2.44. The molecular weight excluding hydrogens is 400 g/mol. The van der Waals surface area contributed by atoms with Crippen molar-refractivity contribution in [3.05, 3.63) is 47.9 Å². The first-order chi connectivity index (χ1) is 15.2. The van der Waals surface area contributed by atoms with Gasteiger partial charge in [-0.15, -0.1) is 0 Å². The largest absolute Gasteiger partial charge is 0.493 e. The van der Waals surface area contributed by atoms with Crippen molar-refractivity contribution in [2.45, 2.75) is 12.1 Å². The number of furan rings is 1. The van der Waals surface area contributed by atoms with Gasteiger partial charge in [-0.3, -0.25) is 14.6 Å². The Morgan fingerprint density at radius 3 is 2.13 bits per heavy atom. The van der Waals surface area contributed by atoms with Gasteiger partial charge in [0.2, 0.25) is 5.78 Å². The second kappa shape index (κ2) is 10.3. The van der Waals surface area contributed by atoms with Gasteiger partial charge in [0, 0.05) is 26.2 Å². The van der Waals surface area contributed by atoms with Crippen molar-refractivity contribution in [3.63, 3.8) is 0 Å². The molecule has 1 aromatic heterocycles. The van der Waals surface area contributed by atoms with Gasteiger partial charge in [0.05, 0.1) is 59.0 Å². The minimum absolute atomic E-state index is 0.0295. The first-order valence-corrected chi connectivity index (χ1v) is 10.7. The van der Waals surface area contributed by atoms with E-state index >= 15 is 0 Å². The Balaban J connectivity index is 1.78. The summed E-state index contributed by atoms with van der Waals surface area (Å²) in [5.74, 6) is 1.64. The number of hydrogen-bond donors (Lipinski definition) is 0. The minimum Gasteiger partial charge on any atom is -0.493 e. The van der Waals surface area contributed by atoms with Crippen LogP contribution in [0.1, 0.15) is 22.2 Å². The molecule has 3 heterocycles. The second-order valence-corrected chi connectivity index (χ2v) is 7.64. The fraction of sp³-hybridized carbons (Fsp3) is 0.522. The van der Waals surface area contributed by atoms with Crippen LogP contribution in [0.25, 0.3) is 0 Å². The lowest BCUT2D eigenvalue weighted by atomic mass is 9.91. The van der Waals surface area contributed by atoms with E-state index in [0.717, 1.165) is 18.7 Å². The average molecular weight is 431 g/mol. The number of nitrogens with zero attached hydrogens (tertiary/aromatic N) is 2. The molecule has 2 atom stereocenters. The number of Topliss-reactive ketones (excluding diaryl/α,β-unsaturated/α-hetero) is 1. The topological polar surface area (TPSA) is 73.6 Å². The number of benzene rings is 1. The summed E-state index contributed by atoms with van der Waals surface area (Å²) in [5, 5.41) is 0. The molecule has 1 aromatic carbocycles. The highest BCUT2D eigenvalue weighted by Crippen LogP contribution is 2.36. The molecule has 2 saturated heterocycles. The lowest BCUT2D eigenvalue weighted by Crippen LogP contribution is -2.55. The van der Waals surface area contributed by atoms with Crippen LogP contribution in [0, 0.1) is 0 Å². The summed E-state index contributed by atoms with van der Waals surface area (Å²) >= 11 is 0. The van der Waals surface area contributed by atoms with E-state index in [-0.39, 0.29) is 11.8 Å². The summed E-state index contributed by atoms with van der Waals surface area (Å²) in [7, 11) is 3.24. The van der Waals surface area contributed by atoms with E-state index < -0.39 is 6.04 Å². The SMILES string of the molecule is COc1ccc(C(C(C(=O)c2ccco2)N2CCOCC2)N2CCOCC2)cc1OC. The summed E-state index contributed by atoms with van der Waals surface area (Å²) in [6.07, 6.45) is 1.55. The summed E-state index contributed by atoms with van der Waals surface area (Å²) in [6.45, 7) is 5.32. The molecule has 0 bridgehead atoms. The molecule has 2 fully saturated rings. The van der Waals surface area contributed by atoms with Crippen molar-refractivity contribution in [1.29, 1.82) is 0 Å². The Kier molecular flexibility index (Phi) is 7.24. The maximum atomic E-state index is 13.8. The van der Waals surface area contributed by atoms with Gasteiger partial charge in [-0.05, 0) is 29.8 Å². The fourth-order valence-electron chi connectivity index (χ4n) is 4.41. The number of hydrogen-bond acceptors (Lipinski definition) is 8. The zero-order chi connectivity index (χ0) is 21.6. The maximum absolute atomic E-state index is 13.8. The summed E-state index contributed by atoms with van der Waals surface area (Å²) in [5.41, 5.74) is 0.996. The van der Waals surface area contributed by atoms with Gasteiger partial charge in [-0.25, -0.2) is 0 Å². The summed E-state index contributed by atoms with van der Waals surface area (Å²) in [6, 6.07) is 8.76. The molecule has 2 aromatic rings. The Bertz CT molecular complexity index is 844. The quantitative estimate of drug-likeness (QED) is 0.591. The monoisotopic (exact) mass is 430 g/mol. The molecule has 0 amide bonds. The van der Waals surface area contributed by atoms with Crippen LogP contribution in [0.15, 0.2) is 41.0 Å². The molecule has 168 valence electrons. The van der Waals surface area contributed by atoms with E-state index in [1.807, 2.05) is 18.2 Å². The highest BCUT2D eigenvalue weighted by Gasteiger charge is 2.41. The van der Waals surface area contributed by atoms with Gasteiger partial charge in [0.15, 0.2) is 17.3 Å². The van der Waals surface area contributed by atoms with Crippen molar-refractivity contribution in [2.75, 3.05) is 66.8 Å². The standard InChI is InChI=1S/C23H30N2O6/c1-27-18-6-5-17(16-20(18)28-2)21(24-7-12-29-13-8-24)22(25-9-14-30-15-10-25)23(26)19-4-3-11-31-19/h3-6,11,16,21-22H,7-10,12-15H2,1-2H3. The predicted molar refractivity (Wildman–Crippen MR) is 114 cm³/mol. The third-order valence-corrected chi connectivity index (χ3v) is 5.96. The van der Waals surface area contributed by atoms with Crippen LogP contribution < -0.4 is 9.47 Å². The normalized spacial score (nSPS) is 20.2. The first kappa shape index (κ1) is 21.8. The van der Waals surface area contributed by atoms with Gasteiger partial charge < -0.3 is 23.4 Å². The number of methoxy groups -OCH3 is 2. The van der Waals surface area contributed by atoms with Gasteiger partial charge in [-0.1, -0.05) is 6.07 Å². The zero-order valence-electron chi connectivity index (χ0n) is 18.1. The molecule has 31 heavy (non-hydrogen) atoms. The van der Waals surface area contributed by atoms with Gasteiger partial charge in [-0.2, -0.15) is 0 Å². The molecule has 2 aliphatic rings. The number of ether oxygens (including phenoxy) is 4. The predicted octanol–water partition coefficient (Wildman–Crippen LogP) is 2.25. The molecule has 0 saturated carbocycles. The molecule has 4 rings (SSSR count). The molecule has 2 unspecified atom stereocenters. The fourth-order valence-corrected chi connectivity index (χ4v) is 4.41. The average Bonchev–Trinajstić information content (AvgIpc) is 3.38. The summed E-state index contributed by atoms with van der Waals surface area (Å²) in [4.78, 5) is 18.3. The first-order valence-electron chi connectivity index (χ1n) is 10.7. The zero-order valence-corrected chi connectivity index (χ0v) is 18.1. The van der Waals surface area contributed by atoms with E-state index in [1.165, 1.54) is 0 Å². The molecule has 0 N–H and O–H groups in total. The summed E-state index contributed by atoms with van der Waals surface area (Å²) < 4.78 is 27.7. The molecule has 8 nitrogen and oxygen atoms in total. The highest BCUT2D eigenvalue weighted by molar-refractivity contribution is 5.98. The van der Waals surface area contributed by atoms with Crippen LogP contribution in [-0.2, 0) is 9.47 Å². The number of ketones is 1. The smallest absolute Gasteiger partial charge is 0.216 e. The van der Waals surface area contributed by atoms with Gasteiger partial charge in [0.25, 0.3) is 0 Å². The van der Waals surface area contributed by atoms with E-state index in [9.17, 15) is 4.79 Å². The van der Waals surface area contributed by atoms with E-state index in [1.54, 1.807) is 32.6 Å². The van der Waals surface area contributed by atoms with Crippen LogP contribution >= 0.6 is 0 Å². The van der Waals surface area contributed by atoms with E-state index in [2.05, 4.69) is 9.80 Å². The Hall–Kier alpha value is -2.39. The van der Waals surface area contributed by atoms with Gasteiger partial charge >= 0.3 is 0 Å². The molecule has 8 heteroatoms. The van der Waals surface area contributed by atoms with Crippen molar-refractivity contribution in [1.82, 2.24) is 9.80 Å². The Morgan fingerprint density at radius 2 is 1.55 bits per heavy atom. The Labute approximate surface area is 182 Å². The third kappa shape index (κ3) is 4.77. The maximum Gasteiger partial charge on any atom is 0.216 e. The molecule has 0 radical (unpaired) electrons. The second-order valence-electron chi connectivity index (χ2n) is 7.64. The molecule has 0 spiro atoms. The minimum atomic E-state index is -0.425.